The van der Waals surface area contributed by atoms with Gasteiger partial charge in [0.2, 0.25) is 0 Å². The lowest BCUT2D eigenvalue weighted by Crippen LogP contribution is -2.37. The van der Waals surface area contributed by atoms with Crippen LogP contribution in [0.15, 0.2) is 24.5 Å². The molecule has 1 aliphatic rings. The molecule has 1 saturated carbocycles. The number of likely N-dealkylation sites (N-methyl/N-ethyl adjacent to an activating group) is 1. The van der Waals surface area contributed by atoms with Crippen LogP contribution in [-0.4, -0.2) is 18.1 Å². The molecule has 0 saturated heterocycles. The Morgan fingerprint density at radius 3 is 2.47 bits per heavy atom. The van der Waals surface area contributed by atoms with Crippen molar-refractivity contribution < 1.29 is 0 Å². The number of nitrogens with one attached hydrogen (secondary N) is 1. The molecule has 1 heterocycles. The van der Waals surface area contributed by atoms with Crippen molar-refractivity contribution in [3.8, 4) is 0 Å². The Kier molecular flexibility index (Phi) is 5.84. The normalized spacial score (nSPS) is 25.2. The number of aromatic nitrogens is 1. The summed E-state index contributed by atoms with van der Waals surface area (Å²) in [4.78, 5) is 4.10. The Hall–Kier alpha value is -0.890. The van der Waals surface area contributed by atoms with Gasteiger partial charge in [0.1, 0.15) is 0 Å². The van der Waals surface area contributed by atoms with E-state index >= 15 is 0 Å². The van der Waals surface area contributed by atoms with Crippen molar-refractivity contribution in [3.63, 3.8) is 0 Å². The molecule has 2 heteroatoms. The maximum Gasteiger partial charge on any atom is 0.0270 e. The van der Waals surface area contributed by atoms with Crippen LogP contribution in [0.1, 0.15) is 51.0 Å². The lowest BCUT2D eigenvalue weighted by molar-refractivity contribution is 0.217. The quantitative estimate of drug-likeness (QED) is 0.841. The van der Waals surface area contributed by atoms with Crippen molar-refractivity contribution >= 4 is 0 Å². The van der Waals surface area contributed by atoms with Crippen LogP contribution in [0.4, 0.5) is 0 Å². The molecule has 0 aliphatic heterocycles. The highest BCUT2D eigenvalue weighted by molar-refractivity contribution is 5.11. The topological polar surface area (TPSA) is 24.9 Å². The van der Waals surface area contributed by atoms with Gasteiger partial charge in [0, 0.05) is 18.4 Å². The van der Waals surface area contributed by atoms with Gasteiger partial charge in [-0.25, -0.2) is 0 Å². The van der Waals surface area contributed by atoms with Crippen molar-refractivity contribution in [2.45, 2.75) is 57.9 Å². The second-order valence-corrected chi connectivity index (χ2v) is 6.02. The third kappa shape index (κ3) is 4.31. The van der Waals surface area contributed by atoms with Gasteiger partial charge in [-0.05, 0) is 55.8 Å². The maximum absolute atomic E-state index is 4.10. The molecule has 106 valence electrons. The van der Waals surface area contributed by atoms with Crippen LogP contribution in [0.3, 0.4) is 0 Å². The first-order valence-corrected chi connectivity index (χ1v) is 7.89. The fourth-order valence-corrected chi connectivity index (χ4v) is 3.56. The Balaban J connectivity index is 1.85. The predicted molar refractivity (Wildman–Crippen MR) is 81.1 cm³/mol. The van der Waals surface area contributed by atoms with E-state index < -0.39 is 0 Å². The summed E-state index contributed by atoms with van der Waals surface area (Å²) in [6.07, 6.45) is 13.4. The zero-order chi connectivity index (χ0) is 13.5. The fraction of sp³-hybridized carbons (Fsp3) is 0.706. The first-order chi connectivity index (χ1) is 9.33. The summed E-state index contributed by atoms with van der Waals surface area (Å²) in [5, 5.41) is 3.55. The number of pyridine rings is 1. The van der Waals surface area contributed by atoms with Gasteiger partial charge in [0.15, 0.2) is 0 Å². The molecule has 2 nitrogen and oxygen atoms in total. The molecule has 0 radical (unpaired) electrons. The van der Waals surface area contributed by atoms with E-state index in [0.29, 0.717) is 6.04 Å². The van der Waals surface area contributed by atoms with Gasteiger partial charge in [-0.15, -0.1) is 0 Å². The number of hydrogen-bond acceptors (Lipinski definition) is 2. The fourth-order valence-electron chi connectivity index (χ4n) is 3.56. The first kappa shape index (κ1) is 14.5. The van der Waals surface area contributed by atoms with E-state index in [0.717, 1.165) is 18.3 Å². The molecule has 19 heavy (non-hydrogen) atoms. The van der Waals surface area contributed by atoms with Crippen molar-refractivity contribution in [2.75, 3.05) is 7.05 Å². The van der Waals surface area contributed by atoms with Crippen LogP contribution in [0.2, 0.25) is 0 Å². The van der Waals surface area contributed by atoms with Crippen LogP contribution in [0.5, 0.6) is 0 Å². The lowest BCUT2D eigenvalue weighted by atomic mass is 9.76. The van der Waals surface area contributed by atoms with Gasteiger partial charge in [-0.1, -0.05) is 32.6 Å². The van der Waals surface area contributed by atoms with E-state index in [1.807, 2.05) is 12.4 Å². The van der Waals surface area contributed by atoms with Crippen LogP contribution in [0.25, 0.3) is 0 Å². The minimum Gasteiger partial charge on any atom is -0.316 e. The van der Waals surface area contributed by atoms with E-state index in [4.69, 9.17) is 0 Å². The molecular formula is C17H28N2. The highest BCUT2D eigenvalue weighted by Gasteiger charge is 2.26. The van der Waals surface area contributed by atoms with Crippen molar-refractivity contribution in [3.05, 3.63) is 30.1 Å². The molecule has 1 aliphatic carbocycles. The third-order valence-electron chi connectivity index (χ3n) is 4.73. The molecule has 0 amide bonds. The van der Waals surface area contributed by atoms with Crippen LogP contribution in [0, 0.1) is 11.8 Å². The molecule has 0 spiro atoms. The Morgan fingerprint density at radius 1 is 1.21 bits per heavy atom. The monoisotopic (exact) mass is 260 g/mol. The molecule has 1 unspecified atom stereocenters. The SMILES string of the molecule is CCCC1CCC(C(Cc2ccncc2)NC)CC1. The summed E-state index contributed by atoms with van der Waals surface area (Å²) in [6.45, 7) is 2.31. The highest BCUT2D eigenvalue weighted by atomic mass is 14.9. The summed E-state index contributed by atoms with van der Waals surface area (Å²) < 4.78 is 0. The van der Waals surface area contributed by atoms with Crippen LogP contribution < -0.4 is 5.32 Å². The standard InChI is InChI=1S/C17H28N2/c1-3-4-14-5-7-16(8-6-14)17(18-2)13-15-9-11-19-12-10-15/h9-12,14,16-18H,3-8,13H2,1-2H3. The highest BCUT2D eigenvalue weighted by Crippen LogP contribution is 2.33. The second kappa shape index (κ2) is 7.64. The average molecular weight is 260 g/mol. The second-order valence-electron chi connectivity index (χ2n) is 6.02. The smallest absolute Gasteiger partial charge is 0.0270 e. The van der Waals surface area contributed by atoms with E-state index in [1.54, 1.807) is 0 Å². The zero-order valence-electron chi connectivity index (χ0n) is 12.4. The average Bonchev–Trinajstić information content (AvgIpc) is 2.47. The molecule has 2 rings (SSSR count). The van der Waals surface area contributed by atoms with Gasteiger partial charge >= 0.3 is 0 Å². The number of rotatable bonds is 6. The first-order valence-electron chi connectivity index (χ1n) is 7.89. The van der Waals surface area contributed by atoms with Gasteiger partial charge in [-0.2, -0.15) is 0 Å². The largest absolute Gasteiger partial charge is 0.316 e. The molecule has 1 fully saturated rings. The molecule has 1 N–H and O–H groups in total. The molecule has 1 atom stereocenters. The van der Waals surface area contributed by atoms with E-state index in [-0.39, 0.29) is 0 Å². The van der Waals surface area contributed by atoms with Crippen molar-refractivity contribution in [2.24, 2.45) is 11.8 Å². The summed E-state index contributed by atoms with van der Waals surface area (Å²) >= 11 is 0. The molecule has 1 aromatic heterocycles. The Labute approximate surface area is 118 Å². The van der Waals surface area contributed by atoms with E-state index in [9.17, 15) is 0 Å². The van der Waals surface area contributed by atoms with Crippen LogP contribution >= 0.6 is 0 Å². The zero-order valence-corrected chi connectivity index (χ0v) is 12.4. The molecule has 1 aromatic rings. The minimum absolute atomic E-state index is 0.630. The van der Waals surface area contributed by atoms with Crippen molar-refractivity contribution in [1.29, 1.82) is 0 Å². The van der Waals surface area contributed by atoms with E-state index in [1.165, 1.54) is 44.1 Å². The Bertz CT molecular complexity index is 342. The van der Waals surface area contributed by atoms with Gasteiger partial charge in [-0.3, -0.25) is 4.98 Å². The predicted octanol–water partition coefficient (Wildman–Crippen LogP) is 3.82. The molecular weight excluding hydrogens is 232 g/mol. The molecule has 0 aromatic carbocycles. The number of hydrogen-bond donors (Lipinski definition) is 1. The summed E-state index contributed by atoms with van der Waals surface area (Å²) in [5.74, 6) is 1.85. The Morgan fingerprint density at radius 2 is 1.89 bits per heavy atom. The lowest BCUT2D eigenvalue weighted by Gasteiger charge is -2.34. The maximum atomic E-state index is 4.10. The van der Waals surface area contributed by atoms with Crippen LogP contribution in [-0.2, 0) is 6.42 Å². The van der Waals surface area contributed by atoms with Gasteiger partial charge in [0.05, 0.1) is 0 Å². The number of nitrogens with zero attached hydrogens (tertiary/aromatic N) is 1. The molecule has 0 bridgehead atoms. The van der Waals surface area contributed by atoms with Crippen molar-refractivity contribution in [1.82, 2.24) is 10.3 Å². The minimum atomic E-state index is 0.630. The van der Waals surface area contributed by atoms with Gasteiger partial charge in [0.25, 0.3) is 0 Å². The van der Waals surface area contributed by atoms with E-state index in [2.05, 4.69) is 36.4 Å². The summed E-state index contributed by atoms with van der Waals surface area (Å²) in [7, 11) is 2.12. The summed E-state index contributed by atoms with van der Waals surface area (Å²) in [5.41, 5.74) is 1.41. The summed E-state index contributed by atoms with van der Waals surface area (Å²) in [6, 6.07) is 4.92. The third-order valence-corrected chi connectivity index (χ3v) is 4.73. The van der Waals surface area contributed by atoms with Gasteiger partial charge < -0.3 is 5.32 Å².